The van der Waals surface area contributed by atoms with Crippen LogP contribution in [0.2, 0.25) is 0 Å². The van der Waals surface area contributed by atoms with Crippen molar-refractivity contribution in [1.82, 2.24) is 24.3 Å². The van der Waals surface area contributed by atoms with E-state index in [0.717, 1.165) is 32.4 Å². The van der Waals surface area contributed by atoms with Gasteiger partial charge in [-0.25, -0.2) is 9.97 Å². The Morgan fingerprint density at radius 3 is 2.58 bits per heavy atom. The van der Waals surface area contributed by atoms with Crippen LogP contribution in [0.3, 0.4) is 0 Å². The number of aromatic nitrogens is 3. The summed E-state index contributed by atoms with van der Waals surface area (Å²) in [6.45, 7) is 4.08. The number of nitriles is 1. The highest BCUT2D eigenvalue weighted by Gasteiger charge is 2.30. The third-order valence-corrected chi connectivity index (χ3v) is 6.87. The smallest absolute Gasteiger partial charge is 0.258 e. The van der Waals surface area contributed by atoms with Crippen molar-refractivity contribution < 1.29 is 14.4 Å². The highest BCUT2D eigenvalue weighted by Crippen LogP contribution is 2.30. The average Bonchev–Trinajstić information content (AvgIpc) is 3.53. The Bertz CT molecular complexity index is 1380. The van der Waals surface area contributed by atoms with Gasteiger partial charge >= 0.3 is 0 Å². The maximum absolute atomic E-state index is 13.1. The second-order valence-corrected chi connectivity index (χ2v) is 9.28. The van der Waals surface area contributed by atoms with Crippen LogP contribution in [0.5, 0.6) is 0 Å². The Morgan fingerprint density at radius 2 is 1.86 bits per heavy atom. The lowest BCUT2D eigenvalue weighted by molar-refractivity contribution is -0.127. The van der Waals surface area contributed by atoms with E-state index in [-0.39, 0.29) is 17.9 Å². The molecule has 3 aromatic rings. The summed E-state index contributed by atoms with van der Waals surface area (Å²) >= 11 is 0. The number of nitrogens with zero attached hydrogens (tertiary/aromatic N) is 6. The molecule has 0 radical (unpaired) electrons. The summed E-state index contributed by atoms with van der Waals surface area (Å²) in [5.74, 6) is -0.193. The fourth-order valence-electron chi connectivity index (χ4n) is 4.95. The lowest BCUT2D eigenvalue weighted by Crippen LogP contribution is -2.35. The van der Waals surface area contributed by atoms with Crippen LogP contribution < -0.4 is 5.32 Å². The van der Waals surface area contributed by atoms with Crippen molar-refractivity contribution in [2.75, 3.05) is 31.5 Å². The fourth-order valence-corrected chi connectivity index (χ4v) is 4.95. The molecule has 184 valence electrons. The molecule has 0 bridgehead atoms. The number of likely N-dealkylation sites (tertiary alicyclic amines) is 2. The molecule has 0 aliphatic carbocycles. The highest BCUT2D eigenvalue weighted by atomic mass is 16.2. The van der Waals surface area contributed by atoms with Gasteiger partial charge < -0.3 is 9.80 Å². The van der Waals surface area contributed by atoms with Crippen molar-refractivity contribution in [1.29, 1.82) is 5.26 Å². The Kier molecular flexibility index (Phi) is 6.38. The predicted molar refractivity (Wildman–Crippen MR) is 132 cm³/mol. The number of hydrogen-bond acceptors (Lipinski definition) is 6. The SMILES string of the molecule is CC(=O)N1CC[C@H](n2c(NC(=O)c3cccc(C#N)c3)nc3cc(C(=O)N4CCCCC4)cnc32)C1. The number of anilines is 1. The predicted octanol–water partition coefficient (Wildman–Crippen LogP) is 2.97. The molecule has 3 amide bonds. The van der Waals surface area contributed by atoms with Gasteiger partial charge in [0.05, 0.1) is 23.2 Å². The van der Waals surface area contributed by atoms with E-state index >= 15 is 0 Å². The van der Waals surface area contributed by atoms with Gasteiger partial charge in [-0.15, -0.1) is 0 Å². The number of imidazole rings is 1. The van der Waals surface area contributed by atoms with E-state index in [9.17, 15) is 19.6 Å². The van der Waals surface area contributed by atoms with Gasteiger partial charge in [-0.3, -0.25) is 24.3 Å². The summed E-state index contributed by atoms with van der Waals surface area (Å²) in [7, 11) is 0. The minimum atomic E-state index is -0.408. The van der Waals surface area contributed by atoms with E-state index in [2.05, 4.69) is 15.3 Å². The molecule has 10 nitrogen and oxygen atoms in total. The summed E-state index contributed by atoms with van der Waals surface area (Å²) in [5, 5.41) is 12.0. The first kappa shape index (κ1) is 23.5. The van der Waals surface area contributed by atoms with Crippen LogP contribution in [-0.2, 0) is 4.79 Å². The molecule has 2 aromatic heterocycles. The van der Waals surface area contributed by atoms with Crippen LogP contribution in [0.25, 0.3) is 11.2 Å². The first-order valence-electron chi connectivity index (χ1n) is 12.2. The maximum Gasteiger partial charge on any atom is 0.258 e. The second-order valence-electron chi connectivity index (χ2n) is 9.28. The van der Waals surface area contributed by atoms with E-state index < -0.39 is 5.91 Å². The van der Waals surface area contributed by atoms with Crippen molar-refractivity contribution >= 4 is 34.8 Å². The van der Waals surface area contributed by atoms with E-state index in [1.807, 2.05) is 15.5 Å². The van der Waals surface area contributed by atoms with Gasteiger partial charge in [0, 0.05) is 44.9 Å². The van der Waals surface area contributed by atoms with Crippen molar-refractivity contribution in [2.24, 2.45) is 0 Å². The van der Waals surface area contributed by atoms with Gasteiger partial charge in [0.25, 0.3) is 11.8 Å². The lowest BCUT2D eigenvalue weighted by atomic mass is 10.1. The number of piperidine rings is 1. The molecule has 5 rings (SSSR count). The molecule has 0 saturated carbocycles. The first-order chi connectivity index (χ1) is 17.4. The fraction of sp³-hybridized carbons (Fsp3) is 0.385. The quantitative estimate of drug-likeness (QED) is 0.606. The monoisotopic (exact) mass is 485 g/mol. The zero-order valence-corrected chi connectivity index (χ0v) is 20.1. The molecule has 2 aliphatic rings. The molecular formula is C26H27N7O3. The summed E-state index contributed by atoms with van der Waals surface area (Å²) in [5.41, 5.74) is 2.22. The summed E-state index contributed by atoms with van der Waals surface area (Å²) < 4.78 is 1.85. The molecule has 1 N–H and O–H groups in total. The molecule has 0 unspecified atom stereocenters. The van der Waals surface area contributed by atoms with Gasteiger partial charge in [-0.05, 0) is 49.9 Å². The van der Waals surface area contributed by atoms with Crippen molar-refractivity contribution in [3.05, 3.63) is 53.2 Å². The molecule has 1 aromatic carbocycles. The first-order valence-corrected chi connectivity index (χ1v) is 12.2. The number of benzene rings is 1. The van der Waals surface area contributed by atoms with E-state index in [1.165, 1.54) is 13.0 Å². The van der Waals surface area contributed by atoms with Crippen LogP contribution in [0.15, 0.2) is 36.5 Å². The number of carbonyl (C=O) groups excluding carboxylic acids is 3. The number of fused-ring (bicyclic) bond motifs is 1. The Balaban J connectivity index is 1.51. The van der Waals surface area contributed by atoms with Crippen molar-refractivity contribution in [2.45, 2.75) is 38.6 Å². The third kappa shape index (κ3) is 4.52. The Morgan fingerprint density at radius 1 is 1.06 bits per heavy atom. The standard InChI is InChI=1S/C26H27N7O3/c1-17(34)32-11-8-21(16-32)33-23-22(13-20(15-28-23)25(36)31-9-3-2-4-10-31)29-26(33)30-24(35)19-7-5-6-18(12-19)14-27/h5-7,12-13,15,21H,2-4,8-11,16H2,1H3,(H,29,30,35)/t21-/m0/s1. The summed E-state index contributed by atoms with van der Waals surface area (Å²) in [4.78, 5) is 50.9. The van der Waals surface area contributed by atoms with Crippen LogP contribution >= 0.6 is 0 Å². The summed E-state index contributed by atoms with van der Waals surface area (Å²) in [6.07, 6.45) is 5.37. The van der Waals surface area contributed by atoms with Crippen LogP contribution in [0.4, 0.5) is 5.95 Å². The molecule has 4 heterocycles. The molecule has 10 heteroatoms. The van der Waals surface area contributed by atoms with E-state index in [1.54, 1.807) is 35.4 Å². The minimum absolute atomic E-state index is 0.0109. The molecule has 36 heavy (non-hydrogen) atoms. The number of pyridine rings is 1. The second kappa shape index (κ2) is 9.77. The maximum atomic E-state index is 13.1. The van der Waals surface area contributed by atoms with Crippen LogP contribution in [-0.4, -0.2) is 68.2 Å². The molecule has 2 aliphatic heterocycles. The number of hydrogen-bond donors (Lipinski definition) is 1. The number of amides is 3. The van der Waals surface area contributed by atoms with Gasteiger partial charge in [0.1, 0.15) is 5.52 Å². The number of rotatable bonds is 4. The van der Waals surface area contributed by atoms with E-state index in [4.69, 9.17) is 0 Å². The summed E-state index contributed by atoms with van der Waals surface area (Å²) in [6, 6.07) is 10.1. The van der Waals surface area contributed by atoms with Gasteiger partial charge in [-0.1, -0.05) is 6.07 Å². The lowest BCUT2D eigenvalue weighted by Gasteiger charge is -2.26. The highest BCUT2D eigenvalue weighted by molar-refractivity contribution is 6.04. The topological polar surface area (TPSA) is 124 Å². The number of carbonyl (C=O) groups is 3. The molecule has 1 atom stereocenters. The van der Waals surface area contributed by atoms with Crippen LogP contribution in [0.1, 0.15) is 64.9 Å². The average molecular weight is 486 g/mol. The molecule has 2 fully saturated rings. The van der Waals surface area contributed by atoms with Gasteiger partial charge in [0.15, 0.2) is 5.65 Å². The minimum Gasteiger partial charge on any atom is -0.341 e. The van der Waals surface area contributed by atoms with Gasteiger partial charge in [-0.2, -0.15) is 5.26 Å². The number of nitrogens with one attached hydrogen (secondary N) is 1. The van der Waals surface area contributed by atoms with E-state index in [0.29, 0.717) is 53.3 Å². The molecular weight excluding hydrogens is 458 g/mol. The Hall–Kier alpha value is -4.26. The van der Waals surface area contributed by atoms with Gasteiger partial charge in [0.2, 0.25) is 11.9 Å². The zero-order chi connectivity index (χ0) is 25.2. The van der Waals surface area contributed by atoms with Crippen LogP contribution in [0, 0.1) is 11.3 Å². The van der Waals surface area contributed by atoms with Crippen molar-refractivity contribution in [3.8, 4) is 6.07 Å². The molecule has 0 spiro atoms. The largest absolute Gasteiger partial charge is 0.341 e. The zero-order valence-electron chi connectivity index (χ0n) is 20.1. The molecule has 2 saturated heterocycles. The third-order valence-electron chi connectivity index (χ3n) is 6.87. The Labute approximate surface area is 208 Å². The normalized spacial score (nSPS) is 17.7. The van der Waals surface area contributed by atoms with Crippen molar-refractivity contribution in [3.63, 3.8) is 0 Å².